The summed E-state index contributed by atoms with van der Waals surface area (Å²) < 4.78 is 3.74. The zero-order chi connectivity index (χ0) is 8.81. The predicted octanol–water partition coefficient (Wildman–Crippen LogP) is 0.256. The van der Waals surface area contributed by atoms with Crippen LogP contribution in [0.15, 0.2) is 5.38 Å². The van der Waals surface area contributed by atoms with Crippen molar-refractivity contribution in [3.05, 3.63) is 11.1 Å². The van der Waals surface area contributed by atoms with Gasteiger partial charge in [-0.3, -0.25) is 0 Å². The molecule has 5 heteroatoms. The van der Waals surface area contributed by atoms with E-state index in [-0.39, 0.29) is 6.61 Å². The molecule has 0 amide bonds. The molecule has 1 aromatic heterocycles. The van der Waals surface area contributed by atoms with Crippen LogP contribution in [0.1, 0.15) is 12.6 Å². The summed E-state index contributed by atoms with van der Waals surface area (Å²) in [5.74, 6) is 0.302. The van der Waals surface area contributed by atoms with Gasteiger partial charge in [0.15, 0.2) is 0 Å². The molecule has 0 aliphatic heterocycles. The molecule has 1 aromatic rings. The molecule has 0 aliphatic rings. The minimum absolute atomic E-state index is 0.225. The van der Waals surface area contributed by atoms with Crippen LogP contribution in [-0.4, -0.2) is 27.8 Å². The van der Waals surface area contributed by atoms with Crippen LogP contribution in [0.25, 0.3) is 0 Å². The lowest BCUT2D eigenvalue weighted by atomic mass is 10.2. The van der Waals surface area contributed by atoms with Crippen molar-refractivity contribution in [2.45, 2.75) is 13.5 Å². The van der Waals surface area contributed by atoms with Gasteiger partial charge in [0.2, 0.25) is 0 Å². The van der Waals surface area contributed by atoms with Crippen LogP contribution in [0.4, 0.5) is 0 Å². The number of nitrogens with zero attached hydrogens (tertiary/aromatic N) is 2. The topological polar surface area (TPSA) is 58.0 Å². The van der Waals surface area contributed by atoms with Crippen LogP contribution in [-0.2, 0) is 6.54 Å². The Hall–Kier alpha value is -0.520. The van der Waals surface area contributed by atoms with Gasteiger partial charge in [-0.25, -0.2) is 0 Å². The predicted molar refractivity (Wildman–Crippen MR) is 47.9 cm³/mol. The van der Waals surface area contributed by atoms with E-state index >= 15 is 0 Å². The molecule has 0 bridgehead atoms. The average molecular weight is 187 g/mol. The smallest absolute Gasteiger partial charge is 0.0893 e. The van der Waals surface area contributed by atoms with Crippen LogP contribution in [0.3, 0.4) is 0 Å². The number of aliphatic hydroxyl groups excluding tert-OH is 1. The van der Waals surface area contributed by atoms with Gasteiger partial charge in [-0.15, -0.1) is 5.10 Å². The quantitative estimate of drug-likeness (QED) is 0.694. The molecule has 4 nitrogen and oxygen atoms in total. The van der Waals surface area contributed by atoms with Crippen molar-refractivity contribution in [2.75, 3.05) is 13.2 Å². The normalized spacial score (nSPS) is 13.2. The highest BCUT2D eigenvalue weighted by Gasteiger charge is 1.99. The summed E-state index contributed by atoms with van der Waals surface area (Å²) in [6, 6.07) is 0. The van der Waals surface area contributed by atoms with E-state index < -0.39 is 0 Å². The summed E-state index contributed by atoms with van der Waals surface area (Å²) >= 11 is 1.35. The van der Waals surface area contributed by atoms with E-state index in [0.29, 0.717) is 5.92 Å². The molecule has 0 fully saturated rings. The highest BCUT2D eigenvalue weighted by molar-refractivity contribution is 7.03. The Kier molecular flexibility index (Phi) is 4.13. The van der Waals surface area contributed by atoms with Gasteiger partial charge < -0.3 is 10.4 Å². The molecule has 68 valence electrons. The average Bonchev–Trinajstić information content (AvgIpc) is 2.57. The van der Waals surface area contributed by atoms with Crippen molar-refractivity contribution in [1.82, 2.24) is 14.9 Å². The summed E-state index contributed by atoms with van der Waals surface area (Å²) in [4.78, 5) is 0. The lowest BCUT2D eigenvalue weighted by Crippen LogP contribution is -2.22. The van der Waals surface area contributed by atoms with Crippen molar-refractivity contribution < 1.29 is 5.11 Å². The van der Waals surface area contributed by atoms with Crippen molar-refractivity contribution in [2.24, 2.45) is 5.92 Å². The fourth-order valence-electron chi connectivity index (χ4n) is 0.772. The SMILES string of the molecule is CC(CO)CNCc1csnn1. The van der Waals surface area contributed by atoms with Gasteiger partial charge in [-0.05, 0) is 17.5 Å². The molecule has 1 atom stereocenters. The van der Waals surface area contributed by atoms with Crippen LogP contribution in [0, 0.1) is 5.92 Å². The first kappa shape index (κ1) is 9.57. The zero-order valence-electron chi connectivity index (χ0n) is 7.03. The molecule has 0 aromatic carbocycles. The van der Waals surface area contributed by atoms with E-state index in [4.69, 9.17) is 5.11 Å². The number of rotatable bonds is 5. The molecule has 0 aliphatic carbocycles. The van der Waals surface area contributed by atoms with Crippen molar-refractivity contribution in [3.8, 4) is 0 Å². The maximum atomic E-state index is 8.73. The number of hydrogen-bond donors (Lipinski definition) is 2. The second-order valence-electron chi connectivity index (χ2n) is 2.81. The van der Waals surface area contributed by atoms with Crippen molar-refractivity contribution >= 4 is 11.5 Å². The van der Waals surface area contributed by atoms with E-state index in [9.17, 15) is 0 Å². The van der Waals surface area contributed by atoms with E-state index in [1.807, 2.05) is 12.3 Å². The van der Waals surface area contributed by atoms with E-state index in [1.54, 1.807) is 0 Å². The van der Waals surface area contributed by atoms with Crippen molar-refractivity contribution in [3.63, 3.8) is 0 Å². The highest BCUT2D eigenvalue weighted by Crippen LogP contribution is 1.96. The molecule has 1 rings (SSSR count). The van der Waals surface area contributed by atoms with Gasteiger partial charge in [0.25, 0.3) is 0 Å². The van der Waals surface area contributed by atoms with Gasteiger partial charge in [-0.1, -0.05) is 11.4 Å². The number of aliphatic hydroxyl groups is 1. The van der Waals surface area contributed by atoms with Crippen LogP contribution in [0.5, 0.6) is 0 Å². The lowest BCUT2D eigenvalue weighted by molar-refractivity contribution is 0.233. The molecule has 0 spiro atoms. The molecule has 2 N–H and O–H groups in total. The monoisotopic (exact) mass is 187 g/mol. The number of aromatic nitrogens is 2. The van der Waals surface area contributed by atoms with Gasteiger partial charge >= 0.3 is 0 Å². The maximum absolute atomic E-state index is 8.73. The molecular formula is C7H13N3OS. The first-order valence-electron chi connectivity index (χ1n) is 3.90. The Balaban J connectivity index is 2.11. The Bertz CT molecular complexity index is 202. The summed E-state index contributed by atoms with van der Waals surface area (Å²) in [6.07, 6.45) is 0. The van der Waals surface area contributed by atoms with Gasteiger partial charge in [0.1, 0.15) is 0 Å². The Labute approximate surface area is 75.8 Å². The molecular weight excluding hydrogens is 174 g/mol. The second-order valence-corrected chi connectivity index (χ2v) is 3.42. The van der Waals surface area contributed by atoms with E-state index in [0.717, 1.165) is 18.8 Å². The second kappa shape index (κ2) is 5.18. The van der Waals surface area contributed by atoms with Crippen LogP contribution >= 0.6 is 11.5 Å². The van der Waals surface area contributed by atoms with Crippen molar-refractivity contribution in [1.29, 1.82) is 0 Å². The number of hydrogen-bond acceptors (Lipinski definition) is 5. The maximum Gasteiger partial charge on any atom is 0.0893 e. The molecule has 0 saturated carbocycles. The summed E-state index contributed by atoms with van der Waals surface area (Å²) in [7, 11) is 0. The minimum Gasteiger partial charge on any atom is -0.396 e. The minimum atomic E-state index is 0.225. The Morgan fingerprint density at radius 3 is 3.17 bits per heavy atom. The standard InChI is InChI=1S/C7H13N3OS/c1-6(4-11)2-8-3-7-5-12-10-9-7/h5-6,8,11H,2-4H2,1H3. The first-order chi connectivity index (χ1) is 5.83. The third-order valence-electron chi connectivity index (χ3n) is 1.52. The Morgan fingerprint density at radius 1 is 1.75 bits per heavy atom. The molecule has 12 heavy (non-hydrogen) atoms. The van der Waals surface area contributed by atoms with Crippen LogP contribution < -0.4 is 5.32 Å². The van der Waals surface area contributed by atoms with E-state index in [2.05, 4.69) is 14.9 Å². The zero-order valence-corrected chi connectivity index (χ0v) is 7.84. The highest BCUT2D eigenvalue weighted by atomic mass is 32.1. The summed E-state index contributed by atoms with van der Waals surface area (Å²) in [6.45, 7) is 3.77. The molecule has 1 unspecified atom stereocenters. The fourth-order valence-corrected chi connectivity index (χ4v) is 1.22. The Morgan fingerprint density at radius 2 is 2.58 bits per heavy atom. The van der Waals surface area contributed by atoms with Crippen LogP contribution in [0.2, 0.25) is 0 Å². The number of nitrogens with one attached hydrogen (secondary N) is 1. The van der Waals surface area contributed by atoms with E-state index in [1.165, 1.54) is 11.5 Å². The third-order valence-corrected chi connectivity index (χ3v) is 2.07. The summed E-state index contributed by atoms with van der Waals surface area (Å²) in [5, 5.41) is 17.7. The third kappa shape index (κ3) is 3.25. The van der Waals surface area contributed by atoms with Gasteiger partial charge in [0, 0.05) is 25.1 Å². The molecule has 1 heterocycles. The largest absolute Gasteiger partial charge is 0.396 e. The fraction of sp³-hybridized carbons (Fsp3) is 0.714. The first-order valence-corrected chi connectivity index (χ1v) is 4.74. The van der Waals surface area contributed by atoms with Gasteiger partial charge in [-0.2, -0.15) is 0 Å². The lowest BCUT2D eigenvalue weighted by Gasteiger charge is -2.07. The van der Waals surface area contributed by atoms with Gasteiger partial charge in [0.05, 0.1) is 5.69 Å². The summed E-state index contributed by atoms with van der Waals surface area (Å²) in [5.41, 5.74) is 0.963. The molecule has 0 radical (unpaired) electrons. The molecule has 0 saturated heterocycles.